The number of aromatic amines is 1. The number of nitrogens with two attached hydrogens (primary N) is 1. The maximum Gasteiger partial charge on any atom is 0.336 e. The molecule has 6 nitrogen and oxygen atoms in total. The van der Waals surface area contributed by atoms with Gasteiger partial charge >= 0.3 is 5.97 Å². The lowest BCUT2D eigenvalue weighted by atomic mass is 9.84. The topological polar surface area (TPSA) is 108 Å². The molecular formula is C29H28F3N3O3. The number of hydrogen-bond donors (Lipinski definition) is 4. The van der Waals surface area contributed by atoms with Crippen LogP contribution in [0.3, 0.4) is 0 Å². The Morgan fingerprint density at radius 1 is 0.974 bits per heavy atom. The summed E-state index contributed by atoms with van der Waals surface area (Å²) in [7, 11) is 0. The SMILES string of the molecule is CCc1cccc(CNC[C@@H](c2c(C(=O)O)c3cc(F)ccc3[nH]c2=O)[C@@H](N)Cc2cc(F)cc(F)c2)c1. The minimum atomic E-state index is -1.41. The van der Waals surface area contributed by atoms with Crippen LogP contribution in [0.5, 0.6) is 0 Å². The third kappa shape index (κ3) is 6.12. The maximum atomic E-state index is 14.1. The van der Waals surface area contributed by atoms with Crippen LogP contribution in [0.15, 0.2) is 65.5 Å². The summed E-state index contributed by atoms with van der Waals surface area (Å²) >= 11 is 0. The zero-order valence-corrected chi connectivity index (χ0v) is 20.7. The lowest BCUT2D eigenvalue weighted by molar-refractivity contribution is 0.0697. The van der Waals surface area contributed by atoms with E-state index in [2.05, 4.69) is 10.3 Å². The molecule has 5 N–H and O–H groups in total. The highest BCUT2D eigenvalue weighted by atomic mass is 19.1. The molecule has 0 aliphatic carbocycles. The number of pyridine rings is 1. The third-order valence-electron chi connectivity index (χ3n) is 6.60. The molecule has 38 heavy (non-hydrogen) atoms. The molecule has 198 valence electrons. The van der Waals surface area contributed by atoms with E-state index in [1.54, 1.807) is 0 Å². The third-order valence-corrected chi connectivity index (χ3v) is 6.60. The smallest absolute Gasteiger partial charge is 0.336 e. The first-order chi connectivity index (χ1) is 18.2. The van der Waals surface area contributed by atoms with Crippen molar-refractivity contribution in [2.45, 2.75) is 38.3 Å². The second kappa shape index (κ2) is 11.6. The van der Waals surface area contributed by atoms with E-state index in [9.17, 15) is 27.9 Å². The van der Waals surface area contributed by atoms with E-state index in [1.165, 1.54) is 6.07 Å². The molecule has 9 heteroatoms. The fourth-order valence-electron chi connectivity index (χ4n) is 4.81. The number of halogens is 3. The predicted octanol–water partition coefficient (Wildman–Crippen LogP) is 4.65. The molecular weight excluding hydrogens is 495 g/mol. The molecule has 0 aliphatic rings. The summed E-state index contributed by atoms with van der Waals surface area (Å²) in [5, 5.41) is 13.4. The highest BCUT2D eigenvalue weighted by molar-refractivity contribution is 6.04. The summed E-state index contributed by atoms with van der Waals surface area (Å²) in [6, 6.07) is 13.5. The van der Waals surface area contributed by atoms with Crippen molar-refractivity contribution in [2.24, 2.45) is 5.73 Å². The van der Waals surface area contributed by atoms with Crippen molar-refractivity contribution in [1.82, 2.24) is 10.3 Å². The molecule has 4 aromatic rings. The molecule has 0 aliphatic heterocycles. The number of fused-ring (bicyclic) bond motifs is 1. The van der Waals surface area contributed by atoms with Gasteiger partial charge in [0.1, 0.15) is 17.5 Å². The van der Waals surface area contributed by atoms with E-state index in [0.717, 1.165) is 47.9 Å². The molecule has 0 saturated carbocycles. The molecule has 1 aromatic heterocycles. The Morgan fingerprint density at radius 3 is 2.37 bits per heavy atom. The van der Waals surface area contributed by atoms with Crippen molar-refractivity contribution >= 4 is 16.9 Å². The second-order valence-corrected chi connectivity index (χ2v) is 9.29. The van der Waals surface area contributed by atoms with Crippen LogP contribution >= 0.6 is 0 Å². The average Bonchev–Trinajstić information content (AvgIpc) is 2.85. The van der Waals surface area contributed by atoms with Gasteiger partial charge in [-0.2, -0.15) is 0 Å². The number of carbonyl (C=O) groups is 1. The summed E-state index contributed by atoms with van der Waals surface area (Å²) in [4.78, 5) is 28.3. The molecule has 2 atom stereocenters. The molecule has 0 amide bonds. The number of H-pyrrole nitrogens is 1. The highest BCUT2D eigenvalue weighted by Gasteiger charge is 2.30. The van der Waals surface area contributed by atoms with E-state index in [1.807, 2.05) is 31.2 Å². The largest absolute Gasteiger partial charge is 0.478 e. The number of rotatable bonds is 10. The average molecular weight is 524 g/mol. The monoisotopic (exact) mass is 523 g/mol. The number of carboxylic acids is 1. The molecule has 0 bridgehead atoms. The molecule has 0 unspecified atom stereocenters. The Hall–Kier alpha value is -3.95. The van der Waals surface area contributed by atoms with E-state index < -0.39 is 40.9 Å². The first kappa shape index (κ1) is 27.1. The van der Waals surface area contributed by atoms with E-state index in [4.69, 9.17) is 5.73 Å². The van der Waals surface area contributed by atoms with Crippen LogP contribution in [0.1, 0.15) is 45.5 Å². The van der Waals surface area contributed by atoms with Crippen LogP contribution in [0.25, 0.3) is 10.9 Å². The summed E-state index contributed by atoms with van der Waals surface area (Å²) < 4.78 is 41.8. The molecule has 0 saturated heterocycles. The molecule has 0 spiro atoms. The van der Waals surface area contributed by atoms with Gasteiger partial charge in [-0.25, -0.2) is 18.0 Å². The van der Waals surface area contributed by atoms with Crippen molar-refractivity contribution in [3.8, 4) is 0 Å². The van der Waals surface area contributed by atoms with Crippen LogP contribution in [0.4, 0.5) is 13.2 Å². The van der Waals surface area contributed by atoms with Gasteiger partial charge < -0.3 is 21.1 Å². The Kier molecular flexibility index (Phi) is 8.29. The predicted molar refractivity (Wildman–Crippen MR) is 140 cm³/mol. The minimum Gasteiger partial charge on any atom is -0.478 e. The van der Waals surface area contributed by atoms with Crippen molar-refractivity contribution in [3.63, 3.8) is 0 Å². The van der Waals surface area contributed by atoms with Gasteiger partial charge in [0.25, 0.3) is 5.56 Å². The Morgan fingerprint density at radius 2 is 1.68 bits per heavy atom. The summed E-state index contributed by atoms with van der Waals surface area (Å²) in [5.41, 5.74) is 7.90. The van der Waals surface area contributed by atoms with E-state index in [-0.39, 0.29) is 40.6 Å². The number of nitrogens with one attached hydrogen (secondary N) is 2. The summed E-state index contributed by atoms with van der Waals surface area (Å²) in [6.07, 6.45) is 0.822. The summed E-state index contributed by atoms with van der Waals surface area (Å²) in [6.45, 7) is 2.53. The number of benzene rings is 3. The Labute approximate surface area is 217 Å². The molecule has 4 rings (SSSR count). The Balaban J connectivity index is 1.76. The first-order valence-corrected chi connectivity index (χ1v) is 12.2. The molecule has 0 radical (unpaired) electrons. The number of aromatic nitrogens is 1. The van der Waals surface area contributed by atoms with Gasteiger partial charge in [-0.1, -0.05) is 31.2 Å². The first-order valence-electron chi connectivity index (χ1n) is 12.2. The van der Waals surface area contributed by atoms with Crippen molar-refractivity contribution < 1.29 is 23.1 Å². The number of hydrogen-bond acceptors (Lipinski definition) is 4. The molecule has 1 heterocycles. The van der Waals surface area contributed by atoms with Gasteiger partial charge in [0.15, 0.2) is 0 Å². The minimum absolute atomic E-state index is 0.0248. The van der Waals surface area contributed by atoms with Gasteiger partial charge in [-0.05, 0) is 59.9 Å². The fraction of sp³-hybridized carbons (Fsp3) is 0.241. The van der Waals surface area contributed by atoms with Crippen LogP contribution < -0.4 is 16.6 Å². The van der Waals surface area contributed by atoms with Crippen LogP contribution in [-0.4, -0.2) is 28.6 Å². The zero-order chi connectivity index (χ0) is 27.4. The lowest BCUT2D eigenvalue weighted by Gasteiger charge is -2.26. The van der Waals surface area contributed by atoms with Crippen molar-refractivity contribution in [1.29, 1.82) is 0 Å². The maximum absolute atomic E-state index is 14.1. The quantitative estimate of drug-likeness (QED) is 0.242. The molecule has 0 fully saturated rings. The highest BCUT2D eigenvalue weighted by Crippen LogP contribution is 2.28. The van der Waals surface area contributed by atoms with E-state index in [0.29, 0.717) is 6.54 Å². The van der Waals surface area contributed by atoms with Gasteiger partial charge in [0, 0.05) is 47.6 Å². The van der Waals surface area contributed by atoms with Crippen LogP contribution in [-0.2, 0) is 19.4 Å². The fourth-order valence-corrected chi connectivity index (χ4v) is 4.81. The van der Waals surface area contributed by atoms with Gasteiger partial charge in [0.2, 0.25) is 0 Å². The van der Waals surface area contributed by atoms with Crippen LogP contribution in [0.2, 0.25) is 0 Å². The Bertz CT molecular complexity index is 1520. The zero-order valence-electron chi connectivity index (χ0n) is 20.7. The molecule has 3 aromatic carbocycles. The van der Waals surface area contributed by atoms with Gasteiger partial charge in [-0.15, -0.1) is 0 Å². The lowest BCUT2D eigenvalue weighted by Crippen LogP contribution is -2.41. The number of aromatic carboxylic acids is 1. The summed E-state index contributed by atoms with van der Waals surface area (Å²) in [5.74, 6) is -4.52. The van der Waals surface area contributed by atoms with Crippen molar-refractivity contribution in [3.05, 3.63) is 116 Å². The van der Waals surface area contributed by atoms with E-state index >= 15 is 0 Å². The normalized spacial score (nSPS) is 13.0. The standard InChI is InChI=1S/C29H28F3N3O3/c1-2-16-4-3-5-17(8-16)14-34-15-23(24(33)11-18-9-20(31)12-21(32)10-18)26-27(29(37)38)22-13-19(30)6-7-25(22)35-28(26)36/h3-10,12-13,23-24,34H,2,11,14-15,33H2,1H3,(H,35,36)(H,37,38)/t23-,24+/m1/s1. The van der Waals surface area contributed by atoms with Crippen LogP contribution in [0, 0.1) is 17.5 Å². The number of carboxylic acid groups (broad SMARTS) is 1. The number of aryl methyl sites for hydroxylation is 1. The van der Waals surface area contributed by atoms with Gasteiger partial charge in [-0.3, -0.25) is 4.79 Å². The second-order valence-electron chi connectivity index (χ2n) is 9.29. The van der Waals surface area contributed by atoms with Crippen molar-refractivity contribution in [2.75, 3.05) is 6.54 Å². The van der Waals surface area contributed by atoms with Gasteiger partial charge in [0.05, 0.1) is 5.56 Å².